The molecule has 0 radical (unpaired) electrons. The van der Waals surface area contributed by atoms with Gasteiger partial charge in [0.2, 0.25) is 0 Å². The van der Waals surface area contributed by atoms with Crippen LogP contribution in [0.3, 0.4) is 0 Å². The Balaban J connectivity index is 2.21. The van der Waals surface area contributed by atoms with Gasteiger partial charge in [0.25, 0.3) is 5.91 Å². The monoisotopic (exact) mass is 308 g/mol. The summed E-state index contributed by atoms with van der Waals surface area (Å²) in [5, 5.41) is 11.9. The second-order valence-corrected chi connectivity index (χ2v) is 4.59. The zero-order chi connectivity index (χ0) is 16.7. The minimum Gasteiger partial charge on any atom is -0.497 e. The van der Waals surface area contributed by atoms with Crippen LogP contribution in [0.4, 0.5) is 5.69 Å². The Morgan fingerprint density at radius 3 is 2.39 bits per heavy atom. The topological polar surface area (TPSA) is 71.3 Å². The highest BCUT2D eigenvalue weighted by atomic mass is 16.5. The van der Waals surface area contributed by atoms with Gasteiger partial charge in [-0.1, -0.05) is 18.2 Å². The Morgan fingerprint density at radius 1 is 1.09 bits per heavy atom. The highest BCUT2D eigenvalue weighted by Gasteiger charge is 2.11. The van der Waals surface area contributed by atoms with Gasteiger partial charge in [0.1, 0.15) is 23.1 Å². The van der Waals surface area contributed by atoms with Crippen LogP contribution in [0.1, 0.15) is 5.56 Å². The lowest BCUT2D eigenvalue weighted by Gasteiger charge is -2.07. The molecule has 0 saturated carbocycles. The fourth-order valence-electron chi connectivity index (χ4n) is 1.96. The molecule has 0 aromatic heterocycles. The second kappa shape index (κ2) is 7.66. The van der Waals surface area contributed by atoms with E-state index >= 15 is 0 Å². The molecule has 0 aliphatic heterocycles. The van der Waals surface area contributed by atoms with Crippen LogP contribution < -0.4 is 14.8 Å². The number of nitrogens with zero attached hydrogens (tertiary/aromatic N) is 1. The molecule has 0 fully saturated rings. The van der Waals surface area contributed by atoms with Crippen molar-refractivity contribution in [3.8, 4) is 17.6 Å². The van der Waals surface area contributed by atoms with Crippen molar-refractivity contribution in [2.45, 2.75) is 0 Å². The van der Waals surface area contributed by atoms with Crippen molar-refractivity contribution in [1.82, 2.24) is 0 Å². The molecule has 23 heavy (non-hydrogen) atoms. The molecule has 2 rings (SSSR count). The van der Waals surface area contributed by atoms with Crippen LogP contribution in [-0.4, -0.2) is 20.1 Å². The van der Waals surface area contributed by atoms with Gasteiger partial charge >= 0.3 is 0 Å². The molecule has 5 nitrogen and oxygen atoms in total. The maximum atomic E-state index is 12.2. The number of ether oxygens (including phenoxy) is 2. The number of para-hydroxylation sites is 1. The number of rotatable bonds is 5. The molecule has 0 atom stereocenters. The highest BCUT2D eigenvalue weighted by Crippen LogP contribution is 2.21. The molecule has 0 aliphatic carbocycles. The maximum absolute atomic E-state index is 12.2. The lowest BCUT2D eigenvalue weighted by atomic mass is 10.1. The molecule has 2 aromatic rings. The van der Waals surface area contributed by atoms with Gasteiger partial charge in [-0.2, -0.15) is 5.26 Å². The smallest absolute Gasteiger partial charge is 0.266 e. The number of nitriles is 1. The standard InChI is InChI=1S/C18H16N2O3/c1-22-16-9-7-15(8-10-16)20-18(21)14(12-19)11-13-5-3-4-6-17(13)23-2/h3-11H,1-2H3,(H,20,21)/b14-11-. The van der Waals surface area contributed by atoms with E-state index in [-0.39, 0.29) is 5.57 Å². The van der Waals surface area contributed by atoms with E-state index in [2.05, 4.69) is 5.32 Å². The SMILES string of the molecule is COc1ccc(NC(=O)/C(C#N)=C\c2ccccc2OC)cc1. The quantitative estimate of drug-likeness (QED) is 0.680. The fourth-order valence-corrected chi connectivity index (χ4v) is 1.96. The molecule has 5 heteroatoms. The van der Waals surface area contributed by atoms with Crippen LogP contribution in [0.5, 0.6) is 11.5 Å². The number of carbonyl (C=O) groups is 1. The molecule has 0 unspecified atom stereocenters. The van der Waals surface area contributed by atoms with E-state index in [0.29, 0.717) is 22.7 Å². The van der Waals surface area contributed by atoms with Crippen molar-refractivity contribution in [2.24, 2.45) is 0 Å². The number of benzene rings is 2. The molecular formula is C18H16N2O3. The van der Waals surface area contributed by atoms with Crippen LogP contribution in [-0.2, 0) is 4.79 Å². The second-order valence-electron chi connectivity index (χ2n) is 4.59. The minimum atomic E-state index is -0.483. The number of amides is 1. The van der Waals surface area contributed by atoms with Gasteiger partial charge in [-0.25, -0.2) is 0 Å². The third-order valence-corrected chi connectivity index (χ3v) is 3.15. The molecule has 116 valence electrons. The number of hydrogen-bond acceptors (Lipinski definition) is 4. The lowest BCUT2D eigenvalue weighted by Crippen LogP contribution is -2.13. The van der Waals surface area contributed by atoms with Gasteiger partial charge in [0.15, 0.2) is 0 Å². The predicted molar refractivity (Wildman–Crippen MR) is 88.2 cm³/mol. The third-order valence-electron chi connectivity index (χ3n) is 3.15. The summed E-state index contributed by atoms with van der Waals surface area (Å²) in [5.41, 5.74) is 1.23. The average molecular weight is 308 g/mol. The van der Waals surface area contributed by atoms with E-state index in [9.17, 15) is 10.1 Å². The summed E-state index contributed by atoms with van der Waals surface area (Å²) in [7, 11) is 3.10. The summed E-state index contributed by atoms with van der Waals surface area (Å²) in [4.78, 5) is 12.2. The van der Waals surface area contributed by atoms with Gasteiger partial charge in [-0.05, 0) is 36.4 Å². The number of hydrogen-bond donors (Lipinski definition) is 1. The first-order chi connectivity index (χ1) is 11.2. The van der Waals surface area contributed by atoms with Gasteiger partial charge in [-0.3, -0.25) is 4.79 Å². The maximum Gasteiger partial charge on any atom is 0.266 e. The first kappa shape index (κ1) is 16.1. The number of anilines is 1. The largest absolute Gasteiger partial charge is 0.497 e. The lowest BCUT2D eigenvalue weighted by molar-refractivity contribution is -0.112. The minimum absolute atomic E-state index is 0.00896. The molecule has 0 saturated heterocycles. The summed E-state index contributed by atoms with van der Waals surface area (Å²) >= 11 is 0. The zero-order valence-corrected chi connectivity index (χ0v) is 12.9. The molecule has 1 amide bonds. The summed E-state index contributed by atoms with van der Waals surface area (Å²) in [6, 6.07) is 15.9. The van der Waals surface area contributed by atoms with E-state index in [4.69, 9.17) is 9.47 Å². The van der Waals surface area contributed by atoms with Crippen molar-refractivity contribution < 1.29 is 14.3 Å². The van der Waals surface area contributed by atoms with E-state index in [1.807, 2.05) is 18.2 Å². The van der Waals surface area contributed by atoms with Gasteiger partial charge < -0.3 is 14.8 Å². The van der Waals surface area contributed by atoms with Gasteiger partial charge in [0.05, 0.1) is 14.2 Å². The first-order valence-corrected chi connectivity index (χ1v) is 6.88. The molecule has 0 spiro atoms. The van der Waals surface area contributed by atoms with Crippen LogP contribution >= 0.6 is 0 Å². The van der Waals surface area contributed by atoms with Crippen molar-refractivity contribution in [3.63, 3.8) is 0 Å². The number of nitrogens with one attached hydrogen (secondary N) is 1. The van der Waals surface area contributed by atoms with Crippen molar-refractivity contribution in [3.05, 3.63) is 59.7 Å². The molecular weight excluding hydrogens is 292 g/mol. The number of methoxy groups -OCH3 is 2. The summed E-state index contributed by atoms with van der Waals surface area (Å²) < 4.78 is 10.3. The van der Waals surface area contributed by atoms with Crippen LogP contribution in [0.2, 0.25) is 0 Å². The Labute approximate surface area is 134 Å². The van der Waals surface area contributed by atoms with E-state index in [1.54, 1.807) is 43.5 Å². The van der Waals surface area contributed by atoms with Crippen molar-refractivity contribution in [1.29, 1.82) is 5.26 Å². The predicted octanol–water partition coefficient (Wildman–Crippen LogP) is 3.25. The van der Waals surface area contributed by atoms with Crippen molar-refractivity contribution in [2.75, 3.05) is 19.5 Å². The average Bonchev–Trinajstić information content (AvgIpc) is 2.60. The van der Waals surface area contributed by atoms with E-state index < -0.39 is 5.91 Å². The third kappa shape index (κ3) is 4.11. The van der Waals surface area contributed by atoms with Gasteiger partial charge in [-0.15, -0.1) is 0 Å². The highest BCUT2D eigenvalue weighted by molar-refractivity contribution is 6.09. The summed E-state index contributed by atoms with van der Waals surface area (Å²) in [6.07, 6.45) is 1.50. The number of carbonyl (C=O) groups excluding carboxylic acids is 1. The molecule has 0 aliphatic rings. The normalized spacial score (nSPS) is 10.6. The molecule has 0 bridgehead atoms. The van der Waals surface area contributed by atoms with Crippen LogP contribution in [0.15, 0.2) is 54.1 Å². The summed E-state index contributed by atoms with van der Waals surface area (Å²) in [5.74, 6) is 0.800. The molecule has 2 aromatic carbocycles. The Bertz CT molecular complexity index is 759. The van der Waals surface area contributed by atoms with Crippen LogP contribution in [0, 0.1) is 11.3 Å². The first-order valence-electron chi connectivity index (χ1n) is 6.88. The Hall–Kier alpha value is -3.26. The van der Waals surface area contributed by atoms with Crippen molar-refractivity contribution >= 4 is 17.7 Å². The fraction of sp³-hybridized carbons (Fsp3) is 0.111. The van der Waals surface area contributed by atoms with E-state index in [1.165, 1.54) is 13.2 Å². The molecule has 0 heterocycles. The molecule has 1 N–H and O–H groups in total. The summed E-state index contributed by atoms with van der Waals surface area (Å²) in [6.45, 7) is 0. The Kier molecular flexibility index (Phi) is 5.37. The van der Waals surface area contributed by atoms with Crippen LogP contribution in [0.25, 0.3) is 6.08 Å². The van der Waals surface area contributed by atoms with E-state index in [0.717, 1.165) is 0 Å². The Morgan fingerprint density at radius 2 is 1.78 bits per heavy atom. The zero-order valence-electron chi connectivity index (χ0n) is 12.9. The van der Waals surface area contributed by atoms with Gasteiger partial charge in [0, 0.05) is 11.3 Å².